The Hall–Kier alpha value is -2.04. The molecule has 1 aromatic carbocycles. The topological polar surface area (TPSA) is 75.4 Å². The summed E-state index contributed by atoms with van der Waals surface area (Å²) in [6.45, 7) is 4.04. The fraction of sp³-hybridized carbons (Fsp3) is 0.385. The zero-order valence-corrected chi connectivity index (χ0v) is 10.5. The molecule has 18 heavy (non-hydrogen) atoms. The number of nitrogens with two attached hydrogens (primary N) is 1. The van der Waals surface area contributed by atoms with Crippen molar-refractivity contribution in [2.75, 3.05) is 10.6 Å². The van der Waals surface area contributed by atoms with Gasteiger partial charge in [-0.1, -0.05) is 13.8 Å². The molecule has 0 aromatic heterocycles. The normalized spacial score (nSPS) is 19.5. The Labute approximate surface area is 106 Å². The van der Waals surface area contributed by atoms with Crippen LogP contribution in [0.25, 0.3) is 0 Å². The summed E-state index contributed by atoms with van der Waals surface area (Å²) < 4.78 is 0. The molecule has 96 valence electrons. The smallest absolute Gasteiger partial charge is 0.329 e. The monoisotopic (exact) mass is 247 g/mol. The van der Waals surface area contributed by atoms with Crippen molar-refractivity contribution >= 4 is 23.3 Å². The number of hydrogen-bond donors (Lipinski definition) is 2. The van der Waals surface area contributed by atoms with Crippen LogP contribution in [0.5, 0.6) is 0 Å². The molecule has 1 aliphatic heterocycles. The molecule has 1 atom stereocenters. The molecule has 2 rings (SSSR count). The second kappa shape index (κ2) is 4.68. The summed E-state index contributed by atoms with van der Waals surface area (Å²) in [5.74, 6) is 0.157. The molecule has 1 fully saturated rings. The van der Waals surface area contributed by atoms with Gasteiger partial charge in [-0.15, -0.1) is 0 Å². The van der Waals surface area contributed by atoms with Gasteiger partial charge in [-0.05, 0) is 36.6 Å². The number of benzene rings is 1. The second-order valence-electron chi connectivity index (χ2n) is 4.90. The largest absolute Gasteiger partial charge is 0.399 e. The predicted octanol–water partition coefficient (Wildman–Crippen LogP) is 1.74. The number of nitrogens with one attached hydrogen (secondary N) is 1. The highest BCUT2D eigenvalue weighted by atomic mass is 16.2. The van der Waals surface area contributed by atoms with Gasteiger partial charge in [0.1, 0.15) is 6.04 Å². The van der Waals surface area contributed by atoms with Crippen LogP contribution in [0.4, 0.5) is 16.2 Å². The molecule has 1 aliphatic rings. The maximum absolute atomic E-state index is 12.1. The number of nitrogens with zero attached hydrogens (tertiary/aromatic N) is 1. The van der Waals surface area contributed by atoms with E-state index in [-0.39, 0.29) is 11.9 Å². The lowest BCUT2D eigenvalue weighted by Gasteiger charge is -2.13. The Balaban J connectivity index is 2.21. The average Bonchev–Trinajstić information content (AvgIpc) is 2.55. The number of rotatable bonds is 3. The zero-order chi connectivity index (χ0) is 13.3. The minimum Gasteiger partial charge on any atom is -0.399 e. The van der Waals surface area contributed by atoms with Crippen molar-refractivity contribution in [2.45, 2.75) is 26.3 Å². The minimum absolute atomic E-state index is 0.196. The molecular formula is C13H17N3O2. The maximum Gasteiger partial charge on any atom is 0.329 e. The first-order valence-corrected chi connectivity index (χ1v) is 5.99. The Kier molecular flexibility index (Phi) is 3.23. The number of hydrogen-bond acceptors (Lipinski definition) is 3. The fourth-order valence-corrected chi connectivity index (χ4v) is 2.03. The molecule has 0 bridgehead atoms. The molecule has 5 heteroatoms. The van der Waals surface area contributed by atoms with E-state index in [0.29, 0.717) is 23.7 Å². The van der Waals surface area contributed by atoms with Gasteiger partial charge in [0.05, 0.1) is 5.69 Å². The SMILES string of the molecule is CC(C)C[C@@H]1NC(=O)N(c2ccc(N)cc2)C1=O. The lowest BCUT2D eigenvalue weighted by molar-refractivity contribution is -0.118. The van der Waals surface area contributed by atoms with Crippen LogP contribution in [-0.2, 0) is 4.79 Å². The first-order chi connectivity index (χ1) is 8.49. The van der Waals surface area contributed by atoms with E-state index in [0.717, 1.165) is 0 Å². The van der Waals surface area contributed by atoms with Crippen LogP contribution in [0.15, 0.2) is 24.3 Å². The van der Waals surface area contributed by atoms with E-state index in [2.05, 4.69) is 5.32 Å². The van der Waals surface area contributed by atoms with Crippen molar-refractivity contribution in [1.29, 1.82) is 0 Å². The molecule has 0 spiro atoms. The van der Waals surface area contributed by atoms with Crippen molar-refractivity contribution in [1.82, 2.24) is 5.32 Å². The van der Waals surface area contributed by atoms with Gasteiger partial charge in [-0.2, -0.15) is 0 Å². The quantitative estimate of drug-likeness (QED) is 0.631. The fourth-order valence-electron chi connectivity index (χ4n) is 2.03. The van der Waals surface area contributed by atoms with Gasteiger partial charge in [0, 0.05) is 5.69 Å². The molecule has 3 amide bonds. The summed E-state index contributed by atoms with van der Waals surface area (Å²) in [7, 11) is 0. The summed E-state index contributed by atoms with van der Waals surface area (Å²) in [4.78, 5) is 25.1. The third kappa shape index (κ3) is 2.30. The number of imide groups is 1. The van der Waals surface area contributed by atoms with Crippen LogP contribution in [-0.4, -0.2) is 18.0 Å². The summed E-state index contributed by atoms with van der Waals surface area (Å²) >= 11 is 0. The first kappa shape index (κ1) is 12.4. The highest BCUT2D eigenvalue weighted by molar-refractivity contribution is 6.21. The van der Waals surface area contributed by atoms with Gasteiger partial charge >= 0.3 is 6.03 Å². The van der Waals surface area contributed by atoms with E-state index in [1.165, 1.54) is 4.90 Å². The molecule has 0 saturated carbocycles. The maximum atomic E-state index is 12.1. The molecule has 0 unspecified atom stereocenters. The highest BCUT2D eigenvalue weighted by Gasteiger charge is 2.38. The number of anilines is 2. The van der Waals surface area contributed by atoms with E-state index < -0.39 is 6.04 Å². The summed E-state index contributed by atoms with van der Waals surface area (Å²) in [6.07, 6.45) is 0.649. The molecule has 0 aliphatic carbocycles. The first-order valence-electron chi connectivity index (χ1n) is 5.99. The number of urea groups is 1. The van der Waals surface area contributed by atoms with Gasteiger partial charge in [0.2, 0.25) is 0 Å². The minimum atomic E-state index is -0.421. The van der Waals surface area contributed by atoms with E-state index in [1.54, 1.807) is 24.3 Å². The van der Waals surface area contributed by atoms with Crippen LogP contribution in [0.1, 0.15) is 20.3 Å². The van der Waals surface area contributed by atoms with Gasteiger partial charge in [0.15, 0.2) is 0 Å². The second-order valence-corrected chi connectivity index (χ2v) is 4.90. The lowest BCUT2D eigenvalue weighted by Crippen LogP contribution is -2.31. The van der Waals surface area contributed by atoms with E-state index in [4.69, 9.17) is 5.73 Å². The molecule has 5 nitrogen and oxygen atoms in total. The van der Waals surface area contributed by atoms with Crippen molar-refractivity contribution in [3.05, 3.63) is 24.3 Å². The highest BCUT2D eigenvalue weighted by Crippen LogP contribution is 2.22. The summed E-state index contributed by atoms with van der Waals surface area (Å²) in [5, 5.41) is 2.70. The molecule has 0 radical (unpaired) electrons. The Morgan fingerprint density at radius 1 is 1.28 bits per heavy atom. The third-order valence-electron chi connectivity index (χ3n) is 2.88. The molecular weight excluding hydrogens is 230 g/mol. The number of carbonyl (C=O) groups excluding carboxylic acids is 2. The number of carbonyl (C=O) groups is 2. The van der Waals surface area contributed by atoms with Gasteiger partial charge in [0.25, 0.3) is 5.91 Å². The van der Waals surface area contributed by atoms with Crippen molar-refractivity contribution in [3.63, 3.8) is 0 Å². The Bertz CT molecular complexity index is 468. The lowest BCUT2D eigenvalue weighted by atomic mass is 10.0. The number of nitrogen functional groups attached to an aromatic ring is 1. The van der Waals surface area contributed by atoms with Gasteiger partial charge in [-0.3, -0.25) is 4.79 Å². The molecule has 1 saturated heterocycles. The average molecular weight is 247 g/mol. The zero-order valence-electron chi connectivity index (χ0n) is 10.5. The molecule has 3 N–H and O–H groups in total. The van der Waals surface area contributed by atoms with Crippen LogP contribution in [0.3, 0.4) is 0 Å². The van der Waals surface area contributed by atoms with Crippen LogP contribution in [0, 0.1) is 5.92 Å². The van der Waals surface area contributed by atoms with Crippen LogP contribution in [0.2, 0.25) is 0 Å². The van der Waals surface area contributed by atoms with Crippen LogP contribution < -0.4 is 16.0 Å². The Morgan fingerprint density at radius 2 is 1.89 bits per heavy atom. The van der Waals surface area contributed by atoms with Crippen molar-refractivity contribution in [2.24, 2.45) is 5.92 Å². The molecule has 1 aromatic rings. The summed E-state index contributed by atoms with van der Waals surface area (Å²) in [6, 6.07) is 5.90. The molecule has 1 heterocycles. The van der Waals surface area contributed by atoms with Crippen molar-refractivity contribution < 1.29 is 9.59 Å². The number of amides is 3. The van der Waals surface area contributed by atoms with Crippen LogP contribution >= 0.6 is 0 Å². The van der Waals surface area contributed by atoms with Crippen molar-refractivity contribution in [3.8, 4) is 0 Å². The third-order valence-corrected chi connectivity index (χ3v) is 2.88. The predicted molar refractivity (Wildman–Crippen MR) is 70.1 cm³/mol. The van der Waals surface area contributed by atoms with E-state index >= 15 is 0 Å². The van der Waals surface area contributed by atoms with Gasteiger partial charge < -0.3 is 11.1 Å². The van der Waals surface area contributed by atoms with E-state index in [1.807, 2.05) is 13.8 Å². The standard InChI is InChI=1S/C13H17N3O2/c1-8(2)7-11-12(17)16(13(18)15-11)10-5-3-9(14)4-6-10/h3-6,8,11H,7,14H2,1-2H3,(H,15,18)/t11-/m0/s1. The van der Waals surface area contributed by atoms with E-state index in [9.17, 15) is 9.59 Å². The van der Waals surface area contributed by atoms with Gasteiger partial charge in [-0.25, -0.2) is 9.69 Å². The Morgan fingerprint density at radius 3 is 2.44 bits per heavy atom. The summed E-state index contributed by atoms with van der Waals surface area (Å²) in [5.41, 5.74) is 6.74.